The summed E-state index contributed by atoms with van der Waals surface area (Å²) < 4.78 is 32.8. The molecule has 1 aromatic rings. The average Bonchev–Trinajstić information content (AvgIpc) is 2.41. The van der Waals surface area contributed by atoms with Gasteiger partial charge in [-0.25, -0.2) is 13.1 Å². The van der Waals surface area contributed by atoms with Gasteiger partial charge in [-0.05, 0) is 34.5 Å². The lowest BCUT2D eigenvalue weighted by Crippen LogP contribution is -2.25. The minimum absolute atomic E-state index is 0.0659. The molecule has 0 aromatic heterocycles. The van der Waals surface area contributed by atoms with E-state index < -0.39 is 10.0 Å². The Kier molecular flexibility index (Phi) is 6.78. The van der Waals surface area contributed by atoms with Gasteiger partial charge >= 0.3 is 0 Å². The Morgan fingerprint density at radius 2 is 2.00 bits per heavy atom. The van der Waals surface area contributed by atoms with E-state index in [4.69, 9.17) is 10.5 Å². The number of nitrogens with two attached hydrogens (primary N) is 1. The molecular weight excluding hydrogens is 344 g/mol. The maximum atomic E-state index is 12.2. The summed E-state index contributed by atoms with van der Waals surface area (Å²) in [5, 5.41) is 0. The van der Waals surface area contributed by atoms with Crippen molar-refractivity contribution >= 4 is 31.6 Å². The summed E-state index contributed by atoms with van der Waals surface area (Å²) in [6.07, 6.45) is 4.06. The molecule has 0 spiro atoms. The van der Waals surface area contributed by atoms with Crippen LogP contribution in [-0.4, -0.2) is 22.1 Å². The highest BCUT2D eigenvalue weighted by Gasteiger charge is 2.20. The second-order valence-electron chi connectivity index (χ2n) is 4.48. The third-order valence-electron chi connectivity index (χ3n) is 2.89. The third kappa shape index (κ3) is 4.64. The van der Waals surface area contributed by atoms with Crippen molar-refractivity contribution in [2.75, 3.05) is 19.4 Å². The van der Waals surface area contributed by atoms with Crippen LogP contribution in [0.2, 0.25) is 0 Å². The standard InChI is InChI=1S/C13H21BrN2O3S/c1-3-4-5-6-7-16-20(17,18)13-9-11(15)10(14)8-12(13)19-2/h8-9,16H,3-7,15H2,1-2H3. The molecule has 0 unspecified atom stereocenters. The molecule has 1 rings (SSSR count). The number of nitrogens with one attached hydrogen (secondary N) is 1. The molecule has 7 heteroatoms. The van der Waals surface area contributed by atoms with E-state index >= 15 is 0 Å². The highest BCUT2D eigenvalue weighted by Crippen LogP contribution is 2.32. The Labute approximate surface area is 129 Å². The monoisotopic (exact) mass is 364 g/mol. The van der Waals surface area contributed by atoms with Gasteiger partial charge in [0.25, 0.3) is 0 Å². The molecule has 0 atom stereocenters. The summed E-state index contributed by atoms with van der Waals surface area (Å²) in [5.41, 5.74) is 6.10. The molecular formula is C13H21BrN2O3S. The van der Waals surface area contributed by atoms with E-state index in [-0.39, 0.29) is 10.6 Å². The normalized spacial score (nSPS) is 11.6. The number of hydrogen-bond donors (Lipinski definition) is 2. The van der Waals surface area contributed by atoms with Gasteiger partial charge in [0.15, 0.2) is 0 Å². The van der Waals surface area contributed by atoms with Crippen LogP contribution in [-0.2, 0) is 10.0 Å². The van der Waals surface area contributed by atoms with Crippen LogP contribution in [0, 0.1) is 0 Å². The number of methoxy groups -OCH3 is 1. The fraction of sp³-hybridized carbons (Fsp3) is 0.538. The van der Waals surface area contributed by atoms with Crippen LogP contribution in [0.4, 0.5) is 5.69 Å². The molecule has 0 saturated heterocycles. The number of hydrogen-bond acceptors (Lipinski definition) is 4. The Hall–Kier alpha value is -0.790. The average molecular weight is 365 g/mol. The maximum absolute atomic E-state index is 12.2. The number of benzene rings is 1. The van der Waals surface area contributed by atoms with Crippen molar-refractivity contribution in [2.24, 2.45) is 0 Å². The molecule has 0 bridgehead atoms. The van der Waals surface area contributed by atoms with Crippen molar-refractivity contribution in [1.29, 1.82) is 0 Å². The molecule has 0 aliphatic rings. The van der Waals surface area contributed by atoms with Gasteiger partial charge in [-0.2, -0.15) is 0 Å². The summed E-state index contributed by atoms with van der Waals surface area (Å²) in [6.45, 7) is 2.53. The first-order valence-electron chi connectivity index (χ1n) is 6.55. The first kappa shape index (κ1) is 17.3. The van der Waals surface area contributed by atoms with Crippen LogP contribution in [0.5, 0.6) is 5.75 Å². The van der Waals surface area contributed by atoms with E-state index in [2.05, 4.69) is 27.6 Å². The predicted octanol–water partition coefficient (Wildman–Crippen LogP) is 2.90. The number of halogens is 1. The van der Waals surface area contributed by atoms with E-state index in [1.54, 1.807) is 6.07 Å². The van der Waals surface area contributed by atoms with E-state index in [0.717, 1.165) is 25.7 Å². The zero-order valence-corrected chi connectivity index (χ0v) is 14.2. The second-order valence-corrected chi connectivity index (χ2v) is 7.07. The highest BCUT2D eigenvalue weighted by molar-refractivity contribution is 9.10. The lowest BCUT2D eigenvalue weighted by molar-refractivity contribution is 0.402. The van der Waals surface area contributed by atoms with E-state index in [1.165, 1.54) is 13.2 Å². The Morgan fingerprint density at radius 3 is 2.60 bits per heavy atom. The number of unbranched alkanes of at least 4 members (excludes halogenated alkanes) is 3. The van der Waals surface area contributed by atoms with Crippen molar-refractivity contribution in [1.82, 2.24) is 4.72 Å². The Balaban J connectivity index is 2.84. The lowest BCUT2D eigenvalue weighted by Gasteiger charge is -2.12. The zero-order valence-electron chi connectivity index (χ0n) is 11.8. The fourth-order valence-corrected chi connectivity index (χ4v) is 3.34. The van der Waals surface area contributed by atoms with Crippen LogP contribution in [0.1, 0.15) is 32.6 Å². The van der Waals surface area contributed by atoms with Gasteiger partial charge in [-0.3, -0.25) is 0 Å². The maximum Gasteiger partial charge on any atom is 0.244 e. The predicted molar refractivity (Wildman–Crippen MR) is 84.4 cm³/mol. The Morgan fingerprint density at radius 1 is 1.30 bits per heavy atom. The van der Waals surface area contributed by atoms with Gasteiger partial charge in [0.05, 0.1) is 7.11 Å². The van der Waals surface area contributed by atoms with E-state index in [0.29, 0.717) is 16.7 Å². The molecule has 5 nitrogen and oxygen atoms in total. The summed E-state index contributed by atoms with van der Waals surface area (Å²) in [7, 11) is -2.18. The molecule has 0 amide bonds. The number of anilines is 1. The third-order valence-corrected chi connectivity index (χ3v) is 5.06. The van der Waals surface area contributed by atoms with Crippen molar-refractivity contribution in [3.05, 3.63) is 16.6 Å². The highest BCUT2D eigenvalue weighted by atomic mass is 79.9. The largest absolute Gasteiger partial charge is 0.495 e. The summed E-state index contributed by atoms with van der Waals surface area (Å²) in [4.78, 5) is 0.0659. The van der Waals surface area contributed by atoms with Crippen LogP contribution < -0.4 is 15.2 Å². The number of ether oxygens (including phenoxy) is 1. The molecule has 0 radical (unpaired) electrons. The van der Waals surface area contributed by atoms with Gasteiger partial charge in [0.1, 0.15) is 10.6 Å². The summed E-state index contributed by atoms with van der Waals surface area (Å²) in [5.74, 6) is 0.270. The van der Waals surface area contributed by atoms with Gasteiger partial charge in [0, 0.05) is 16.7 Å². The van der Waals surface area contributed by atoms with Crippen LogP contribution in [0.25, 0.3) is 0 Å². The van der Waals surface area contributed by atoms with Crippen LogP contribution in [0.3, 0.4) is 0 Å². The summed E-state index contributed by atoms with van der Waals surface area (Å²) >= 11 is 3.25. The second kappa shape index (κ2) is 7.85. The molecule has 1 aromatic carbocycles. The number of sulfonamides is 1. The zero-order chi connectivity index (χ0) is 15.2. The SMILES string of the molecule is CCCCCCNS(=O)(=O)c1cc(N)c(Br)cc1OC. The van der Waals surface area contributed by atoms with Crippen molar-refractivity contribution in [2.45, 2.75) is 37.5 Å². The molecule has 0 aliphatic heterocycles. The minimum atomic E-state index is -3.61. The molecule has 114 valence electrons. The topological polar surface area (TPSA) is 81.4 Å². The minimum Gasteiger partial charge on any atom is -0.495 e. The molecule has 20 heavy (non-hydrogen) atoms. The van der Waals surface area contributed by atoms with Gasteiger partial charge in [-0.1, -0.05) is 26.2 Å². The molecule has 0 saturated carbocycles. The number of rotatable bonds is 8. The number of nitrogen functional groups attached to an aromatic ring is 1. The Bertz CT molecular complexity index is 547. The lowest BCUT2D eigenvalue weighted by atomic mass is 10.2. The van der Waals surface area contributed by atoms with Crippen LogP contribution in [0.15, 0.2) is 21.5 Å². The van der Waals surface area contributed by atoms with Crippen LogP contribution >= 0.6 is 15.9 Å². The smallest absolute Gasteiger partial charge is 0.244 e. The fourth-order valence-electron chi connectivity index (χ4n) is 1.76. The quantitative estimate of drug-likeness (QED) is 0.548. The van der Waals surface area contributed by atoms with E-state index in [1.807, 2.05) is 0 Å². The first-order valence-corrected chi connectivity index (χ1v) is 8.82. The van der Waals surface area contributed by atoms with E-state index in [9.17, 15) is 8.42 Å². The van der Waals surface area contributed by atoms with Gasteiger partial charge < -0.3 is 10.5 Å². The molecule has 0 aliphatic carbocycles. The van der Waals surface area contributed by atoms with Crippen molar-refractivity contribution in [3.63, 3.8) is 0 Å². The van der Waals surface area contributed by atoms with Gasteiger partial charge in [0.2, 0.25) is 10.0 Å². The van der Waals surface area contributed by atoms with Crippen molar-refractivity contribution < 1.29 is 13.2 Å². The molecule has 3 N–H and O–H groups in total. The van der Waals surface area contributed by atoms with Gasteiger partial charge in [-0.15, -0.1) is 0 Å². The van der Waals surface area contributed by atoms with Crippen molar-refractivity contribution in [3.8, 4) is 5.75 Å². The summed E-state index contributed by atoms with van der Waals surface area (Å²) in [6, 6.07) is 2.96. The molecule has 0 fully saturated rings. The first-order chi connectivity index (χ1) is 9.42. The molecule has 0 heterocycles.